The third kappa shape index (κ3) is 48.7. The van der Waals surface area contributed by atoms with Crippen molar-refractivity contribution in [2.24, 2.45) is 0 Å². The van der Waals surface area contributed by atoms with Crippen LogP contribution in [-0.4, -0.2) is 140 Å². The highest BCUT2D eigenvalue weighted by Crippen LogP contribution is 2.30. The number of allylic oxidation sites excluding steroid dienone is 23. The molecule has 0 saturated carbocycles. The summed E-state index contributed by atoms with van der Waals surface area (Å²) in [6.07, 6.45) is 83.4. The summed E-state index contributed by atoms with van der Waals surface area (Å²) in [6, 6.07) is -0.945. The molecule has 2 saturated heterocycles. The van der Waals surface area contributed by atoms with E-state index in [4.69, 9.17) is 18.9 Å². The minimum Gasteiger partial charge on any atom is -0.394 e. The zero-order chi connectivity index (χ0) is 70.8. The van der Waals surface area contributed by atoms with E-state index >= 15 is 0 Å². The molecule has 2 aliphatic rings. The minimum absolute atomic E-state index is 0.257. The summed E-state index contributed by atoms with van der Waals surface area (Å²) >= 11 is 0. The lowest BCUT2D eigenvalue weighted by Gasteiger charge is -2.46. The molecule has 560 valence electrons. The van der Waals surface area contributed by atoms with Crippen molar-refractivity contribution in [3.05, 3.63) is 146 Å². The van der Waals surface area contributed by atoms with Crippen LogP contribution in [0.25, 0.3) is 0 Å². The number of amides is 1. The summed E-state index contributed by atoms with van der Waals surface area (Å²) in [5.41, 5.74) is 0. The second kappa shape index (κ2) is 66.1. The number of nitrogens with one attached hydrogen (secondary N) is 1. The van der Waals surface area contributed by atoms with Crippen molar-refractivity contribution in [2.75, 3.05) is 19.8 Å². The number of aliphatic hydroxyl groups is 8. The van der Waals surface area contributed by atoms with Gasteiger partial charge in [0, 0.05) is 6.42 Å². The Morgan fingerprint density at radius 1 is 0.378 bits per heavy atom. The third-order valence-corrected chi connectivity index (χ3v) is 18.0. The maximum absolute atomic E-state index is 13.4. The average molecular weight is 1370 g/mol. The van der Waals surface area contributed by atoms with E-state index in [-0.39, 0.29) is 18.9 Å². The second-order valence-corrected chi connectivity index (χ2v) is 26.7. The van der Waals surface area contributed by atoms with Gasteiger partial charge in [-0.15, -0.1) is 0 Å². The first-order chi connectivity index (χ1) is 48.1. The number of aliphatic hydroxyl groups excluding tert-OH is 8. The van der Waals surface area contributed by atoms with Gasteiger partial charge in [0.25, 0.3) is 0 Å². The summed E-state index contributed by atoms with van der Waals surface area (Å²) in [5.74, 6) is -0.257. The molecule has 9 N–H and O–H groups in total. The van der Waals surface area contributed by atoms with Crippen LogP contribution < -0.4 is 5.32 Å². The Kier molecular flexibility index (Phi) is 60.7. The third-order valence-electron chi connectivity index (χ3n) is 18.0. The van der Waals surface area contributed by atoms with E-state index in [0.29, 0.717) is 12.8 Å². The molecule has 0 spiro atoms. The monoisotopic (exact) mass is 1370 g/mol. The molecule has 0 aromatic carbocycles. The van der Waals surface area contributed by atoms with E-state index in [1.807, 2.05) is 6.08 Å². The Morgan fingerprint density at radius 3 is 1.12 bits per heavy atom. The lowest BCUT2D eigenvalue weighted by molar-refractivity contribution is -0.359. The molecular formula is C84H141NO13. The van der Waals surface area contributed by atoms with Crippen LogP contribution in [0.3, 0.4) is 0 Å². The summed E-state index contributed by atoms with van der Waals surface area (Å²) in [7, 11) is 0. The first kappa shape index (κ1) is 90.0. The summed E-state index contributed by atoms with van der Waals surface area (Å²) in [4.78, 5) is 13.4. The molecule has 14 heteroatoms. The predicted molar refractivity (Wildman–Crippen MR) is 405 cm³/mol. The van der Waals surface area contributed by atoms with E-state index in [2.05, 4.69) is 153 Å². The topological polar surface area (TPSA) is 228 Å². The lowest BCUT2D eigenvalue weighted by atomic mass is 9.97. The van der Waals surface area contributed by atoms with Gasteiger partial charge in [0.15, 0.2) is 12.6 Å². The second-order valence-electron chi connectivity index (χ2n) is 26.7. The van der Waals surface area contributed by atoms with Crippen molar-refractivity contribution < 1.29 is 64.6 Å². The molecule has 0 aliphatic carbocycles. The smallest absolute Gasteiger partial charge is 0.220 e. The fourth-order valence-electron chi connectivity index (χ4n) is 11.9. The summed E-state index contributed by atoms with van der Waals surface area (Å²) in [5, 5.41) is 87.6. The normalized spacial score (nSPS) is 22.9. The van der Waals surface area contributed by atoms with Crippen LogP contribution in [-0.2, 0) is 23.7 Å². The zero-order valence-electron chi connectivity index (χ0n) is 61.2. The molecule has 2 heterocycles. The SMILES string of the molecule is CC/C=C\C/C=C\C/C=C\C/C=C\C/C=C\C/C=C\C/C=C\C/C=C\C/C=C\C/C=C\CCCCCCCCCCCCC(=O)NC(COC1OC(CO)C(OC2OC(CO)C(O)C(O)C2O)C(O)C1O)C(O)/C=C/CC/C=C/CCCCCCCCCCCCCCCCCCC. The van der Waals surface area contributed by atoms with Crippen LogP contribution in [0, 0.1) is 0 Å². The molecule has 12 unspecified atom stereocenters. The van der Waals surface area contributed by atoms with Crippen LogP contribution >= 0.6 is 0 Å². The Balaban J connectivity index is 1.64. The maximum atomic E-state index is 13.4. The maximum Gasteiger partial charge on any atom is 0.220 e. The van der Waals surface area contributed by atoms with Crippen molar-refractivity contribution >= 4 is 5.91 Å². The molecule has 2 rings (SSSR count). The number of rotatable bonds is 63. The number of hydrogen-bond acceptors (Lipinski definition) is 13. The quantitative estimate of drug-likeness (QED) is 0.0204. The average Bonchev–Trinajstić information content (AvgIpc) is 0.793. The molecule has 0 radical (unpaired) electrons. The molecule has 98 heavy (non-hydrogen) atoms. The van der Waals surface area contributed by atoms with Gasteiger partial charge in [0.2, 0.25) is 5.91 Å². The van der Waals surface area contributed by atoms with E-state index in [1.165, 1.54) is 148 Å². The summed E-state index contributed by atoms with van der Waals surface area (Å²) in [6.45, 7) is 2.68. The van der Waals surface area contributed by atoms with Crippen LogP contribution in [0.4, 0.5) is 0 Å². The number of carbonyl (C=O) groups excluding carboxylic acids is 1. The van der Waals surface area contributed by atoms with Crippen LogP contribution in [0.1, 0.15) is 284 Å². The van der Waals surface area contributed by atoms with Gasteiger partial charge < -0.3 is 65.1 Å². The van der Waals surface area contributed by atoms with Gasteiger partial charge >= 0.3 is 0 Å². The van der Waals surface area contributed by atoms with Gasteiger partial charge in [0.05, 0.1) is 32.0 Å². The molecule has 14 nitrogen and oxygen atoms in total. The molecular weight excluding hydrogens is 1230 g/mol. The highest BCUT2D eigenvalue weighted by molar-refractivity contribution is 5.76. The predicted octanol–water partition coefficient (Wildman–Crippen LogP) is 17.6. The molecule has 2 aliphatic heterocycles. The Bertz CT molecular complexity index is 2210. The van der Waals surface area contributed by atoms with Gasteiger partial charge in [0.1, 0.15) is 48.8 Å². The van der Waals surface area contributed by atoms with Crippen molar-refractivity contribution in [1.29, 1.82) is 0 Å². The fraction of sp³-hybridized carbons (Fsp3) is 0.702. The Hall–Kier alpha value is -4.13. The number of unbranched alkanes of at least 4 members (excludes halogenated alkanes) is 28. The summed E-state index contributed by atoms with van der Waals surface area (Å²) < 4.78 is 22.9. The number of hydrogen-bond donors (Lipinski definition) is 9. The van der Waals surface area contributed by atoms with E-state index < -0.39 is 86.8 Å². The molecule has 1 amide bonds. The van der Waals surface area contributed by atoms with Gasteiger partial charge in [-0.25, -0.2) is 0 Å². The number of carbonyl (C=O) groups is 1. The van der Waals surface area contributed by atoms with Crippen LogP contribution in [0.15, 0.2) is 146 Å². The van der Waals surface area contributed by atoms with Crippen LogP contribution in [0.5, 0.6) is 0 Å². The molecule has 2 fully saturated rings. The molecule has 0 aromatic heterocycles. The Labute approximate surface area is 595 Å². The van der Waals surface area contributed by atoms with Crippen molar-refractivity contribution in [3.8, 4) is 0 Å². The minimum atomic E-state index is -1.80. The van der Waals surface area contributed by atoms with Gasteiger partial charge in [-0.3, -0.25) is 4.79 Å². The number of ether oxygens (including phenoxy) is 4. The standard InChI is InChI=1S/C84H141NO13/c1-3-5-7-9-11-13-15-17-19-21-23-25-27-28-29-30-31-32-33-34-35-36-37-38-39-40-41-42-43-44-46-48-50-52-54-56-58-60-62-64-66-68-76(89)85-72(71-95-83-81(94)79(92)82(75(70-87)97-83)98-84-80(93)78(91)77(90)74(69-86)96-84)73(88)67-65-63-61-59-57-55-53-51-49-47-45-26-24-22-20-18-16-14-12-10-8-6-4-2/h5,7,11,13,17,19,23,25,28-29,31-32,34-35,37-38,40-41,43-44,57,59,65,67,72-75,77-84,86-88,90-94H,3-4,6,8-10,12,14-16,18,20-22,24,26-27,30,33,36,39,42,45-56,58,60-64,66,68-71H2,1-2H3,(H,85,89)/b7-5-,13-11-,19-17-,25-23-,29-28-,32-31-,35-34-,38-37-,41-40-,44-43-,59-57+,67-65+. The van der Waals surface area contributed by atoms with E-state index in [9.17, 15) is 45.6 Å². The zero-order valence-corrected chi connectivity index (χ0v) is 61.2. The van der Waals surface area contributed by atoms with Crippen LogP contribution in [0.2, 0.25) is 0 Å². The molecule has 0 bridgehead atoms. The fourth-order valence-corrected chi connectivity index (χ4v) is 11.9. The highest BCUT2D eigenvalue weighted by Gasteiger charge is 2.51. The largest absolute Gasteiger partial charge is 0.394 e. The molecule has 0 aromatic rings. The Morgan fingerprint density at radius 2 is 0.714 bits per heavy atom. The van der Waals surface area contributed by atoms with Gasteiger partial charge in [-0.1, -0.05) is 314 Å². The van der Waals surface area contributed by atoms with Crippen molar-refractivity contribution in [2.45, 2.75) is 357 Å². The first-order valence-electron chi connectivity index (χ1n) is 39.1. The first-order valence-corrected chi connectivity index (χ1v) is 39.1. The van der Waals surface area contributed by atoms with E-state index in [1.54, 1.807) is 6.08 Å². The molecule has 12 atom stereocenters. The van der Waals surface area contributed by atoms with Gasteiger partial charge in [-0.05, 0) is 109 Å². The van der Waals surface area contributed by atoms with E-state index in [0.717, 1.165) is 103 Å². The highest BCUT2D eigenvalue weighted by atomic mass is 16.7. The van der Waals surface area contributed by atoms with Crippen molar-refractivity contribution in [1.82, 2.24) is 5.32 Å². The lowest BCUT2D eigenvalue weighted by Crippen LogP contribution is -2.65. The van der Waals surface area contributed by atoms with Crippen molar-refractivity contribution in [3.63, 3.8) is 0 Å². The van der Waals surface area contributed by atoms with Gasteiger partial charge in [-0.2, -0.15) is 0 Å².